The van der Waals surface area contributed by atoms with E-state index in [1.165, 1.54) is 89.9 Å². The van der Waals surface area contributed by atoms with Crippen LogP contribution in [0.4, 0.5) is 0 Å². The first kappa shape index (κ1) is 32.1. The van der Waals surface area contributed by atoms with E-state index in [0.29, 0.717) is 12.3 Å². The standard InChI is InChI=1S/C26H56NO4P/c1-4-5-6-7-8-9-10-11-12-13-14-15-16-17-20-23-26(27)31-32(28,29)30-24-21-18-19-22-25(2)3/h25-26H,4-24,27H2,1-3H3,(H,28,29). The third kappa shape index (κ3) is 24.7. The topological polar surface area (TPSA) is 81.8 Å². The lowest BCUT2D eigenvalue weighted by Gasteiger charge is -2.17. The third-order valence-corrected chi connectivity index (χ3v) is 7.09. The molecule has 2 atom stereocenters. The van der Waals surface area contributed by atoms with Gasteiger partial charge in [0.1, 0.15) is 6.23 Å². The van der Waals surface area contributed by atoms with E-state index in [0.717, 1.165) is 32.1 Å². The van der Waals surface area contributed by atoms with Gasteiger partial charge in [0.15, 0.2) is 0 Å². The molecular weight excluding hydrogens is 421 g/mol. The van der Waals surface area contributed by atoms with Crippen LogP contribution in [0.25, 0.3) is 0 Å². The van der Waals surface area contributed by atoms with Gasteiger partial charge in [-0.2, -0.15) is 0 Å². The average molecular weight is 478 g/mol. The van der Waals surface area contributed by atoms with Crippen LogP contribution in [0.3, 0.4) is 0 Å². The second kappa shape index (κ2) is 22.8. The molecule has 0 amide bonds. The van der Waals surface area contributed by atoms with Gasteiger partial charge in [0.25, 0.3) is 0 Å². The van der Waals surface area contributed by atoms with E-state index < -0.39 is 14.1 Å². The molecule has 0 saturated heterocycles. The van der Waals surface area contributed by atoms with E-state index in [1.54, 1.807) is 0 Å². The van der Waals surface area contributed by atoms with Gasteiger partial charge >= 0.3 is 7.82 Å². The Morgan fingerprint density at radius 2 is 1.09 bits per heavy atom. The van der Waals surface area contributed by atoms with Crippen molar-refractivity contribution in [3.63, 3.8) is 0 Å². The molecular formula is C26H56NO4P. The minimum absolute atomic E-state index is 0.248. The van der Waals surface area contributed by atoms with E-state index in [4.69, 9.17) is 14.8 Å². The van der Waals surface area contributed by atoms with Gasteiger partial charge < -0.3 is 10.6 Å². The Balaban J connectivity index is 3.42. The molecule has 0 saturated carbocycles. The Morgan fingerprint density at radius 1 is 0.688 bits per heavy atom. The summed E-state index contributed by atoms with van der Waals surface area (Å²) in [6.45, 7) is 6.92. The number of phosphoric ester groups is 1. The molecule has 194 valence electrons. The first-order valence-corrected chi connectivity index (χ1v) is 15.3. The molecule has 0 aliphatic heterocycles. The highest BCUT2D eigenvalue weighted by Crippen LogP contribution is 2.44. The quantitative estimate of drug-likeness (QED) is 0.0779. The van der Waals surface area contributed by atoms with Crippen molar-refractivity contribution in [1.29, 1.82) is 0 Å². The highest BCUT2D eigenvalue weighted by Gasteiger charge is 2.24. The van der Waals surface area contributed by atoms with Crippen molar-refractivity contribution in [2.75, 3.05) is 6.61 Å². The zero-order chi connectivity index (χ0) is 23.9. The van der Waals surface area contributed by atoms with Crippen molar-refractivity contribution in [1.82, 2.24) is 0 Å². The molecule has 0 heterocycles. The van der Waals surface area contributed by atoms with Crippen LogP contribution < -0.4 is 5.73 Å². The Kier molecular flexibility index (Phi) is 22.9. The number of unbranched alkanes of at least 4 members (excludes halogenated alkanes) is 16. The van der Waals surface area contributed by atoms with Gasteiger partial charge in [-0.3, -0.25) is 9.05 Å². The molecule has 0 fully saturated rings. The summed E-state index contributed by atoms with van der Waals surface area (Å²) in [7, 11) is -4.03. The van der Waals surface area contributed by atoms with Gasteiger partial charge in [0.2, 0.25) is 0 Å². The monoisotopic (exact) mass is 477 g/mol. The van der Waals surface area contributed by atoms with E-state index in [2.05, 4.69) is 20.8 Å². The van der Waals surface area contributed by atoms with Crippen molar-refractivity contribution in [2.24, 2.45) is 11.7 Å². The summed E-state index contributed by atoms with van der Waals surface area (Å²) in [6.07, 6.45) is 23.7. The molecule has 6 heteroatoms. The number of nitrogens with two attached hydrogens (primary N) is 1. The fourth-order valence-electron chi connectivity index (χ4n) is 3.98. The smallest absolute Gasteiger partial charge is 0.306 e. The molecule has 0 aromatic carbocycles. The molecule has 0 aliphatic carbocycles. The Hall–Kier alpha value is 0.0700. The first-order valence-electron chi connectivity index (χ1n) is 13.8. The van der Waals surface area contributed by atoms with Gasteiger partial charge in [-0.05, 0) is 25.2 Å². The normalized spacial score (nSPS) is 14.7. The second-order valence-corrected chi connectivity index (χ2v) is 11.3. The Bertz CT molecular complexity index is 434. The number of hydrogen-bond acceptors (Lipinski definition) is 4. The summed E-state index contributed by atoms with van der Waals surface area (Å²) < 4.78 is 22.1. The molecule has 0 spiro atoms. The van der Waals surface area contributed by atoms with Crippen molar-refractivity contribution in [2.45, 2.75) is 155 Å². The Labute approximate surface area is 200 Å². The van der Waals surface area contributed by atoms with E-state index >= 15 is 0 Å². The van der Waals surface area contributed by atoms with Crippen LogP contribution in [0.1, 0.15) is 149 Å². The zero-order valence-electron chi connectivity index (χ0n) is 21.7. The van der Waals surface area contributed by atoms with Crippen molar-refractivity contribution >= 4 is 7.82 Å². The van der Waals surface area contributed by atoms with Crippen LogP contribution in [-0.2, 0) is 13.6 Å². The van der Waals surface area contributed by atoms with Gasteiger partial charge in [-0.15, -0.1) is 0 Å². The molecule has 5 nitrogen and oxygen atoms in total. The van der Waals surface area contributed by atoms with Crippen LogP contribution in [0.5, 0.6) is 0 Å². The van der Waals surface area contributed by atoms with Crippen LogP contribution >= 0.6 is 7.82 Å². The second-order valence-electron chi connectivity index (χ2n) is 9.93. The lowest BCUT2D eigenvalue weighted by Crippen LogP contribution is -2.22. The molecule has 0 aliphatic rings. The van der Waals surface area contributed by atoms with Crippen molar-refractivity contribution in [3.05, 3.63) is 0 Å². The van der Waals surface area contributed by atoms with E-state index in [1.807, 2.05) is 0 Å². The molecule has 0 aromatic heterocycles. The fraction of sp³-hybridized carbons (Fsp3) is 1.00. The van der Waals surface area contributed by atoms with Crippen LogP contribution in [0, 0.1) is 5.92 Å². The predicted molar refractivity (Wildman–Crippen MR) is 138 cm³/mol. The molecule has 0 radical (unpaired) electrons. The van der Waals surface area contributed by atoms with Gasteiger partial charge in [0, 0.05) is 0 Å². The van der Waals surface area contributed by atoms with Gasteiger partial charge in [-0.1, -0.05) is 130 Å². The zero-order valence-corrected chi connectivity index (χ0v) is 22.6. The summed E-state index contributed by atoms with van der Waals surface area (Å²) in [6, 6.07) is 0. The molecule has 2 unspecified atom stereocenters. The number of phosphoric acid groups is 1. The summed E-state index contributed by atoms with van der Waals surface area (Å²) >= 11 is 0. The lowest BCUT2D eigenvalue weighted by atomic mass is 10.0. The molecule has 0 rings (SSSR count). The molecule has 32 heavy (non-hydrogen) atoms. The number of rotatable bonds is 25. The minimum atomic E-state index is -4.03. The fourth-order valence-corrected chi connectivity index (χ4v) is 4.85. The van der Waals surface area contributed by atoms with Crippen molar-refractivity contribution in [3.8, 4) is 0 Å². The summed E-state index contributed by atoms with van der Waals surface area (Å²) in [5, 5.41) is 0. The average Bonchev–Trinajstić information content (AvgIpc) is 2.72. The third-order valence-electron chi connectivity index (χ3n) is 6.04. The summed E-state index contributed by atoms with van der Waals surface area (Å²) in [5.41, 5.74) is 5.86. The van der Waals surface area contributed by atoms with Gasteiger partial charge in [-0.25, -0.2) is 4.57 Å². The van der Waals surface area contributed by atoms with E-state index in [-0.39, 0.29) is 6.61 Å². The molecule has 3 N–H and O–H groups in total. The van der Waals surface area contributed by atoms with Crippen LogP contribution in [-0.4, -0.2) is 17.7 Å². The molecule has 0 bridgehead atoms. The maximum Gasteiger partial charge on any atom is 0.473 e. The maximum atomic E-state index is 12.0. The molecule has 0 aromatic rings. The van der Waals surface area contributed by atoms with Crippen molar-refractivity contribution < 1.29 is 18.5 Å². The summed E-state index contributed by atoms with van der Waals surface area (Å²) in [4.78, 5) is 9.79. The summed E-state index contributed by atoms with van der Waals surface area (Å²) in [5.74, 6) is 0.695. The lowest BCUT2D eigenvalue weighted by molar-refractivity contribution is 0.0996. The SMILES string of the molecule is CCCCCCCCCCCCCCCCCC(N)OP(=O)(O)OCCCCCC(C)C. The number of hydrogen-bond donors (Lipinski definition) is 2. The van der Waals surface area contributed by atoms with Crippen LogP contribution in [0.15, 0.2) is 0 Å². The highest BCUT2D eigenvalue weighted by atomic mass is 31.2. The van der Waals surface area contributed by atoms with Crippen LogP contribution in [0.2, 0.25) is 0 Å². The highest BCUT2D eigenvalue weighted by molar-refractivity contribution is 7.47. The van der Waals surface area contributed by atoms with E-state index in [9.17, 15) is 9.46 Å². The maximum absolute atomic E-state index is 12.0. The Morgan fingerprint density at radius 3 is 1.56 bits per heavy atom. The first-order chi connectivity index (χ1) is 15.4. The predicted octanol–water partition coefficient (Wildman–Crippen LogP) is 8.88. The largest absolute Gasteiger partial charge is 0.473 e. The van der Waals surface area contributed by atoms with Gasteiger partial charge in [0.05, 0.1) is 6.61 Å². The minimum Gasteiger partial charge on any atom is -0.306 e.